The van der Waals surface area contributed by atoms with Crippen molar-refractivity contribution in [3.63, 3.8) is 0 Å². The highest BCUT2D eigenvalue weighted by molar-refractivity contribution is 9.10. The third kappa shape index (κ3) is 2.54. The molecule has 0 aliphatic carbocycles. The lowest BCUT2D eigenvalue weighted by Crippen LogP contribution is -2.47. The molecule has 1 aromatic rings. The number of hydrogen-bond donors (Lipinski definition) is 2. The number of benzene rings is 1. The number of amides is 1. The van der Waals surface area contributed by atoms with E-state index in [2.05, 4.69) is 21.2 Å². The molecular formula is C12H14BrClN2O2. The average molecular weight is 334 g/mol. The maximum Gasteiger partial charge on any atom is 0.234 e. The fourth-order valence-electron chi connectivity index (χ4n) is 1.78. The summed E-state index contributed by atoms with van der Waals surface area (Å²) in [6, 6.07) is 4.98. The number of anilines is 1. The van der Waals surface area contributed by atoms with Crippen molar-refractivity contribution in [1.29, 1.82) is 0 Å². The van der Waals surface area contributed by atoms with Gasteiger partial charge in [0, 0.05) is 10.5 Å². The number of carbonyl (C=O) groups excluding carboxylic acids is 1. The molecule has 0 bridgehead atoms. The number of nitrogens with one attached hydrogen (secondary N) is 1. The van der Waals surface area contributed by atoms with Crippen LogP contribution in [0.15, 0.2) is 22.7 Å². The third-order valence-electron chi connectivity index (χ3n) is 3.21. The Hall–Kier alpha value is -0.620. The Balaban J connectivity index is 2.19. The summed E-state index contributed by atoms with van der Waals surface area (Å²) in [6.07, 6.45) is 0. The summed E-state index contributed by atoms with van der Waals surface area (Å²) in [5.74, 6) is -0.174. The maximum atomic E-state index is 12.3. The maximum absolute atomic E-state index is 12.3. The highest BCUT2D eigenvalue weighted by Gasteiger charge is 2.44. The van der Waals surface area contributed by atoms with Gasteiger partial charge in [0.2, 0.25) is 5.91 Å². The van der Waals surface area contributed by atoms with E-state index < -0.39 is 5.41 Å². The van der Waals surface area contributed by atoms with Crippen LogP contribution in [0.1, 0.15) is 6.92 Å². The topological polar surface area (TPSA) is 64.3 Å². The van der Waals surface area contributed by atoms with Crippen LogP contribution >= 0.6 is 27.5 Å². The van der Waals surface area contributed by atoms with Crippen LogP contribution in [0.4, 0.5) is 5.69 Å². The van der Waals surface area contributed by atoms with Gasteiger partial charge in [0.05, 0.1) is 29.3 Å². The number of rotatable bonds is 2. The van der Waals surface area contributed by atoms with Gasteiger partial charge in [-0.05, 0) is 25.1 Å². The van der Waals surface area contributed by atoms with Gasteiger partial charge in [-0.25, -0.2) is 0 Å². The molecule has 0 saturated carbocycles. The summed E-state index contributed by atoms with van der Waals surface area (Å²) in [7, 11) is 0. The summed E-state index contributed by atoms with van der Waals surface area (Å²) in [6.45, 7) is 2.52. The summed E-state index contributed by atoms with van der Waals surface area (Å²) >= 11 is 9.37. The van der Waals surface area contributed by atoms with Crippen LogP contribution in [0, 0.1) is 5.41 Å². The molecule has 18 heavy (non-hydrogen) atoms. The van der Waals surface area contributed by atoms with Gasteiger partial charge >= 0.3 is 0 Å². The molecule has 4 nitrogen and oxygen atoms in total. The molecule has 0 aromatic heterocycles. The zero-order valence-corrected chi connectivity index (χ0v) is 12.2. The molecule has 98 valence electrons. The molecule has 0 spiro atoms. The molecule has 1 heterocycles. The van der Waals surface area contributed by atoms with Crippen molar-refractivity contribution in [2.45, 2.75) is 13.0 Å². The van der Waals surface area contributed by atoms with Crippen molar-refractivity contribution in [2.75, 3.05) is 18.5 Å². The molecule has 6 heteroatoms. The fraction of sp³-hybridized carbons (Fsp3) is 0.417. The highest BCUT2D eigenvalue weighted by Crippen LogP contribution is 2.31. The lowest BCUT2D eigenvalue weighted by atomic mass is 9.85. The van der Waals surface area contributed by atoms with Crippen LogP contribution in [0.25, 0.3) is 0 Å². The second-order valence-corrected chi connectivity index (χ2v) is 5.94. The second kappa shape index (κ2) is 5.17. The zero-order valence-electron chi connectivity index (χ0n) is 9.87. The van der Waals surface area contributed by atoms with E-state index >= 15 is 0 Å². The molecular weight excluding hydrogens is 320 g/mol. The summed E-state index contributed by atoms with van der Waals surface area (Å²) in [5, 5.41) is 3.29. The van der Waals surface area contributed by atoms with Crippen molar-refractivity contribution in [1.82, 2.24) is 0 Å². The van der Waals surface area contributed by atoms with Crippen LogP contribution in [0.3, 0.4) is 0 Å². The molecule has 1 fully saturated rings. The Labute approximate surface area is 119 Å². The number of ether oxygens (including phenoxy) is 1. The van der Waals surface area contributed by atoms with Crippen molar-refractivity contribution >= 4 is 39.1 Å². The Morgan fingerprint density at radius 3 is 3.00 bits per heavy atom. The van der Waals surface area contributed by atoms with Crippen molar-refractivity contribution < 1.29 is 9.53 Å². The lowest BCUT2D eigenvalue weighted by molar-refractivity contribution is -0.125. The summed E-state index contributed by atoms with van der Waals surface area (Å²) < 4.78 is 6.10. The highest BCUT2D eigenvalue weighted by atomic mass is 79.9. The standard InChI is InChI=1S/C12H14BrClN2O2/c1-12(6-18-5-10(12)15)11(17)16-9-4-7(13)2-3-8(9)14/h2-4,10H,5-6,15H2,1H3,(H,16,17). The minimum absolute atomic E-state index is 0.174. The molecule has 3 N–H and O–H groups in total. The lowest BCUT2D eigenvalue weighted by Gasteiger charge is -2.25. The van der Waals surface area contributed by atoms with E-state index in [1.54, 1.807) is 19.1 Å². The van der Waals surface area contributed by atoms with Crippen LogP contribution in [-0.4, -0.2) is 25.2 Å². The van der Waals surface area contributed by atoms with Crippen molar-refractivity contribution in [2.24, 2.45) is 11.1 Å². The predicted molar refractivity (Wildman–Crippen MR) is 74.7 cm³/mol. The van der Waals surface area contributed by atoms with Gasteiger partial charge in [0.1, 0.15) is 0 Å². The van der Waals surface area contributed by atoms with E-state index in [0.29, 0.717) is 23.9 Å². The monoisotopic (exact) mass is 332 g/mol. The molecule has 1 aliphatic heterocycles. The second-order valence-electron chi connectivity index (χ2n) is 4.62. The number of halogens is 2. The minimum Gasteiger partial charge on any atom is -0.379 e. The molecule has 2 atom stereocenters. The Morgan fingerprint density at radius 1 is 1.67 bits per heavy atom. The fourth-order valence-corrected chi connectivity index (χ4v) is 2.31. The van der Waals surface area contributed by atoms with Gasteiger partial charge in [-0.3, -0.25) is 4.79 Å². The molecule has 0 radical (unpaired) electrons. The Morgan fingerprint density at radius 2 is 2.39 bits per heavy atom. The van der Waals surface area contributed by atoms with Gasteiger partial charge < -0.3 is 15.8 Å². The molecule has 1 aromatic carbocycles. The van der Waals surface area contributed by atoms with Gasteiger partial charge in [-0.15, -0.1) is 0 Å². The van der Waals surface area contributed by atoms with Gasteiger partial charge in [0.15, 0.2) is 0 Å². The number of hydrogen-bond acceptors (Lipinski definition) is 3. The smallest absolute Gasteiger partial charge is 0.234 e. The van der Waals surface area contributed by atoms with Gasteiger partial charge in [0.25, 0.3) is 0 Å². The SMILES string of the molecule is CC1(C(=O)Nc2cc(Br)ccc2Cl)COCC1N. The molecule has 2 unspecified atom stereocenters. The first-order valence-electron chi connectivity index (χ1n) is 5.53. The first-order chi connectivity index (χ1) is 8.43. The first kappa shape index (κ1) is 13.8. The summed E-state index contributed by atoms with van der Waals surface area (Å²) in [5.41, 5.74) is 5.76. The van der Waals surface area contributed by atoms with E-state index in [-0.39, 0.29) is 11.9 Å². The van der Waals surface area contributed by atoms with Crippen LogP contribution in [-0.2, 0) is 9.53 Å². The van der Waals surface area contributed by atoms with E-state index in [4.69, 9.17) is 22.1 Å². The molecule has 2 rings (SSSR count). The largest absolute Gasteiger partial charge is 0.379 e. The Bertz CT molecular complexity index is 483. The average Bonchev–Trinajstić information content (AvgIpc) is 2.66. The summed E-state index contributed by atoms with van der Waals surface area (Å²) in [4.78, 5) is 12.3. The van der Waals surface area contributed by atoms with Crippen molar-refractivity contribution in [3.05, 3.63) is 27.7 Å². The van der Waals surface area contributed by atoms with Crippen molar-refractivity contribution in [3.8, 4) is 0 Å². The normalized spacial score (nSPS) is 27.2. The van der Waals surface area contributed by atoms with Crippen LogP contribution in [0.2, 0.25) is 5.02 Å². The minimum atomic E-state index is -0.717. The van der Waals surface area contributed by atoms with E-state index in [9.17, 15) is 4.79 Å². The number of nitrogens with two attached hydrogens (primary N) is 1. The van der Waals surface area contributed by atoms with E-state index in [1.807, 2.05) is 6.07 Å². The van der Waals surface area contributed by atoms with Crippen LogP contribution in [0.5, 0.6) is 0 Å². The predicted octanol–water partition coefficient (Wildman–Crippen LogP) is 2.40. The van der Waals surface area contributed by atoms with E-state index in [0.717, 1.165) is 4.47 Å². The first-order valence-corrected chi connectivity index (χ1v) is 6.70. The molecule has 1 amide bonds. The quantitative estimate of drug-likeness (QED) is 0.873. The molecule has 1 aliphatic rings. The zero-order chi connectivity index (χ0) is 13.3. The Kier molecular flexibility index (Phi) is 3.96. The van der Waals surface area contributed by atoms with Gasteiger partial charge in [-0.1, -0.05) is 27.5 Å². The molecule has 1 saturated heterocycles. The number of carbonyl (C=O) groups is 1. The van der Waals surface area contributed by atoms with Crippen LogP contribution < -0.4 is 11.1 Å². The van der Waals surface area contributed by atoms with Gasteiger partial charge in [-0.2, -0.15) is 0 Å². The van der Waals surface area contributed by atoms with E-state index in [1.165, 1.54) is 0 Å². The third-order valence-corrected chi connectivity index (χ3v) is 4.04.